The van der Waals surface area contributed by atoms with Crippen molar-refractivity contribution in [3.8, 4) is 0 Å². The van der Waals surface area contributed by atoms with E-state index < -0.39 is 59.5 Å². The number of esters is 1. The SMILES string of the molecule is CC(C)[C@H](NC(=O)[C@H](CCC(=O)OC(C)(C)C)NC(=O)[C@H](CC1C=Nc2ccccc21)NC(=O)OCc1ccccc1)C(=O)O. The molecule has 2 aromatic rings. The van der Waals surface area contributed by atoms with Gasteiger partial charge in [-0.2, -0.15) is 0 Å². The van der Waals surface area contributed by atoms with Crippen LogP contribution in [0, 0.1) is 5.92 Å². The van der Waals surface area contributed by atoms with Gasteiger partial charge in [-0.1, -0.05) is 62.4 Å². The lowest BCUT2D eigenvalue weighted by Crippen LogP contribution is -2.56. The molecule has 0 aliphatic carbocycles. The molecule has 1 aliphatic rings. The number of aliphatic imine (C=N–C) groups is 1. The van der Waals surface area contributed by atoms with Gasteiger partial charge in [0.05, 0.1) is 5.69 Å². The van der Waals surface area contributed by atoms with Crippen LogP contribution in [0.1, 0.15) is 70.9 Å². The molecule has 0 bridgehead atoms. The van der Waals surface area contributed by atoms with Gasteiger partial charge >= 0.3 is 18.0 Å². The summed E-state index contributed by atoms with van der Waals surface area (Å²) in [5.41, 5.74) is 1.60. The van der Waals surface area contributed by atoms with Crippen molar-refractivity contribution in [1.82, 2.24) is 16.0 Å². The largest absolute Gasteiger partial charge is 0.480 e. The number of para-hydroxylation sites is 1. The number of alkyl carbamates (subject to hydrolysis) is 1. The molecule has 4 atom stereocenters. The summed E-state index contributed by atoms with van der Waals surface area (Å²) in [5.74, 6) is -4.11. The zero-order valence-electron chi connectivity index (χ0n) is 26.2. The molecule has 0 spiro atoms. The van der Waals surface area contributed by atoms with Crippen molar-refractivity contribution in [2.75, 3.05) is 0 Å². The second-order valence-electron chi connectivity index (χ2n) is 12.2. The van der Waals surface area contributed by atoms with Crippen LogP contribution in [0.3, 0.4) is 0 Å². The summed E-state index contributed by atoms with van der Waals surface area (Å²) in [5, 5.41) is 17.3. The second kappa shape index (κ2) is 15.8. The minimum absolute atomic E-state index is 0.0264. The molecule has 1 aliphatic heterocycles. The van der Waals surface area contributed by atoms with Crippen LogP contribution in [-0.2, 0) is 35.3 Å². The Kier molecular flexibility index (Phi) is 12.2. The minimum atomic E-state index is -1.31. The smallest absolute Gasteiger partial charge is 0.408 e. The molecule has 0 saturated heterocycles. The Morgan fingerprint density at radius 1 is 0.889 bits per heavy atom. The quantitative estimate of drug-likeness (QED) is 0.229. The summed E-state index contributed by atoms with van der Waals surface area (Å²) in [4.78, 5) is 68.6. The van der Waals surface area contributed by atoms with Gasteiger partial charge in [0.25, 0.3) is 0 Å². The number of carbonyl (C=O) groups is 5. The van der Waals surface area contributed by atoms with Gasteiger partial charge in [0.15, 0.2) is 0 Å². The number of carboxylic acid groups (broad SMARTS) is 1. The Balaban J connectivity index is 1.81. The van der Waals surface area contributed by atoms with Crippen LogP contribution in [0.4, 0.5) is 10.5 Å². The number of hydrogen-bond acceptors (Lipinski definition) is 8. The molecule has 12 nitrogen and oxygen atoms in total. The van der Waals surface area contributed by atoms with Gasteiger partial charge in [-0.05, 0) is 56.7 Å². The molecule has 242 valence electrons. The molecule has 3 rings (SSSR count). The third kappa shape index (κ3) is 11.0. The molecular formula is C33H42N4O8. The van der Waals surface area contributed by atoms with E-state index in [0.717, 1.165) is 16.8 Å². The van der Waals surface area contributed by atoms with Crippen LogP contribution in [0.25, 0.3) is 0 Å². The van der Waals surface area contributed by atoms with Gasteiger partial charge < -0.3 is 30.5 Å². The van der Waals surface area contributed by atoms with E-state index in [0.29, 0.717) is 0 Å². The number of rotatable bonds is 14. The number of nitrogens with zero attached hydrogens (tertiary/aromatic N) is 1. The van der Waals surface area contributed by atoms with Gasteiger partial charge in [-0.15, -0.1) is 0 Å². The summed E-state index contributed by atoms with van der Waals surface area (Å²) >= 11 is 0. The highest BCUT2D eigenvalue weighted by Crippen LogP contribution is 2.34. The average molecular weight is 623 g/mol. The highest BCUT2D eigenvalue weighted by molar-refractivity contribution is 5.93. The molecule has 0 saturated carbocycles. The fraction of sp³-hybridized carbons (Fsp3) is 0.455. The number of benzene rings is 2. The predicted octanol–water partition coefficient (Wildman–Crippen LogP) is 4.00. The van der Waals surface area contributed by atoms with Crippen LogP contribution in [0.2, 0.25) is 0 Å². The first-order valence-corrected chi connectivity index (χ1v) is 14.9. The third-order valence-electron chi connectivity index (χ3n) is 6.96. The maximum atomic E-state index is 13.8. The van der Waals surface area contributed by atoms with E-state index in [9.17, 15) is 29.1 Å². The third-order valence-corrected chi connectivity index (χ3v) is 6.96. The standard InChI is InChI=1S/C33H42N4O8/c1-20(2)28(31(41)42)37-29(39)25(15-16-27(38)45-33(3,4)5)35-30(40)26(17-22-18-34-24-14-10-9-13-23(22)24)36-32(43)44-19-21-11-7-6-8-12-21/h6-14,18,20,22,25-26,28H,15-17,19H2,1-5H3,(H,35,40)(H,36,43)(H,37,39)(H,41,42)/t22?,25-,26-,28-/m0/s1. The van der Waals surface area contributed by atoms with Crippen LogP contribution >= 0.6 is 0 Å². The summed E-state index contributed by atoms with van der Waals surface area (Å²) < 4.78 is 10.7. The number of aliphatic carboxylic acids is 1. The zero-order chi connectivity index (χ0) is 33.1. The van der Waals surface area contributed by atoms with E-state index in [1.54, 1.807) is 65.1 Å². The topological polar surface area (TPSA) is 172 Å². The lowest BCUT2D eigenvalue weighted by molar-refractivity contribution is -0.155. The maximum Gasteiger partial charge on any atom is 0.408 e. The Morgan fingerprint density at radius 2 is 1.53 bits per heavy atom. The van der Waals surface area contributed by atoms with E-state index in [1.165, 1.54) is 0 Å². The highest BCUT2D eigenvalue weighted by Gasteiger charge is 2.33. The first-order valence-electron chi connectivity index (χ1n) is 14.9. The highest BCUT2D eigenvalue weighted by atomic mass is 16.6. The van der Waals surface area contributed by atoms with Gasteiger partial charge in [0.2, 0.25) is 11.8 Å². The second-order valence-corrected chi connectivity index (χ2v) is 12.2. The molecule has 3 amide bonds. The molecular weight excluding hydrogens is 580 g/mol. The number of ether oxygens (including phenoxy) is 2. The van der Waals surface area contributed by atoms with Crippen molar-refractivity contribution in [2.24, 2.45) is 10.9 Å². The number of carboxylic acids is 1. The normalized spacial score (nSPS) is 15.7. The summed E-state index contributed by atoms with van der Waals surface area (Å²) in [6.07, 6.45) is 0.541. The summed E-state index contributed by atoms with van der Waals surface area (Å²) in [6.45, 7) is 8.35. The van der Waals surface area contributed by atoms with E-state index >= 15 is 0 Å². The molecule has 12 heteroatoms. The molecule has 0 aromatic heterocycles. The van der Waals surface area contributed by atoms with Crippen molar-refractivity contribution >= 4 is 41.7 Å². The van der Waals surface area contributed by atoms with Gasteiger partial charge in [0, 0.05) is 18.6 Å². The molecule has 45 heavy (non-hydrogen) atoms. The number of fused-ring (bicyclic) bond motifs is 1. The summed E-state index contributed by atoms with van der Waals surface area (Å²) in [6, 6.07) is 12.7. The maximum absolute atomic E-state index is 13.8. The van der Waals surface area contributed by atoms with E-state index in [-0.39, 0.29) is 31.8 Å². The van der Waals surface area contributed by atoms with Crippen molar-refractivity contribution < 1.29 is 38.6 Å². The Labute approximate surface area is 263 Å². The zero-order valence-corrected chi connectivity index (χ0v) is 26.2. The van der Waals surface area contributed by atoms with Gasteiger partial charge in [0.1, 0.15) is 30.3 Å². The average Bonchev–Trinajstić information content (AvgIpc) is 3.38. The fourth-order valence-corrected chi connectivity index (χ4v) is 4.71. The number of amides is 3. The Hall–Kier alpha value is -4.74. The van der Waals surface area contributed by atoms with Gasteiger partial charge in [-0.3, -0.25) is 19.4 Å². The van der Waals surface area contributed by atoms with E-state index in [4.69, 9.17) is 9.47 Å². The predicted molar refractivity (Wildman–Crippen MR) is 167 cm³/mol. The molecule has 1 heterocycles. The Bertz CT molecular complexity index is 1390. The van der Waals surface area contributed by atoms with Crippen LogP contribution in [0.5, 0.6) is 0 Å². The molecule has 0 radical (unpaired) electrons. The monoisotopic (exact) mass is 622 g/mol. The minimum Gasteiger partial charge on any atom is -0.480 e. The van der Waals surface area contributed by atoms with E-state index in [1.807, 2.05) is 30.3 Å². The molecule has 0 fully saturated rings. The van der Waals surface area contributed by atoms with Crippen molar-refractivity contribution in [1.29, 1.82) is 0 Å². The lowest BCUT2D eigenvalue weighted by Gasteiger charge is -2.26. The van der Waals surface area contributed by atoms with Gasteiger partial charge in [-0.25, -0.2) is 9.59 Å². The molecule has 4 N–H and O–H groups in total. The van der Waals surface area contributed by atoms with Crippen LogP contribution in [-0.4, -0.2) is 64.9 Å². The molecule has 1 unspecified atom stereocenters. The van der Waals surface area contributed by atoms with Crippen molar-refractivity contribution in [2.45, 2.75) is 90.1 Å². The lowest BCUT2D eigenvalue weighted by atomic mass is 9.93. The Morgan fingerprint density at radius 3 is 2.18 bits per heavy atom. The number of hydrogen-bond donors (Lipinski definition) is 4. The van der Waals surface area contributed by atoms with E-state index in [2.05, 4.69) is 20.9 Å². The first-order chi connectivity index (χ1) is 21.2. The molecule has 2 aromatic carbocycles. The van der Waals surface area contributed by atoms with Crippen molar-refractivity contribution in [3.05, 3.63) is 65.7 Å². The van der Waals surface area contributed by atoms with Crippen LogP contribution in [0.15, 0.2) is 59.6 Å². The first kappa shape index (κ1) is 34.7. The fourth-order valence-electron chi connectivity index (χ4n) is 4.71. The van der Waals surface area contributed by atoms with Crippen molar-refractivity contribution in [3.63, 3.8) is 0 Å². The van der Waals surface area contributed by atoms with Crippen LogP contribution < -0.4 is 16.0 Å². The number of carbonyl (C=O) groups excluding carboxylic acids is 4. The number of nitrogens with one attached hydrogen (secondary N) is 3. The summed E-state index contributed by atoms with van der Waals surface area (Å²) in [7, 11) is 0.